The van der Waals surface area contributed by atoms with Crippen molar-refractivity contribution in [2.75, 3.05) is 13.7 Å². The largest absolute Gasteiger partial charge is 0.496 e. The monoisotopic (exact) mass is 436 g/mol. The molecule has 0 heterocycles. The molecule has 0 bridgehead atoms. The first-order valence-electron chi connectivity index (χ1n) is 12.4. The normalized spacial score (nSPS) is 13.6. The van der Waals surface area contributed by atoms with Crippen molar-refractivity contribution in [2.24, 2.45) is 11.8 Å². The summed E-state index contributed by atoms with van der Waals surface area (Å²) >= 11 is 0. The minimum Gasteiger partial charge on any atom is -0.496 e. The highest BCUT2D eigenvalue weighted by Gasteiger charge is 2.18. The molecule has 2 heteroatoms. The Bertz CT molecular complexity index is 908. The first kappa shape index (κ1) is 26.0. The van der Waals surface area contributed by atoms with Crippen molar-refractivity contribution >= 4 is 6.08 Å². The van der Waals surface area contributed by atoms with E-state index in [1.165, 1.54) is 22.3 Å². The molecule has 2 aromatic carbocycles. The summed E-state index contributed by atoms with van der Waals surface area (Å²) in [5, 5.41) is 0. The maximum absolute atomic E-state index is 6.30. The lowest BCUT2D eigenvalue weighted by atomic mass is 9.86. The molecular formula is C30H44O2. The molecule has 32 heavy (non-hydrogen) atoms. The molecule has 0 radical (unpaired) electrons. The first-order valence-corrected chi connectivity index (χ1v) is 12.4. The lowest BCUT2D eigenvalue weighted by Gasteiger charge is -2.21. The van der Waals surface area contributed by atoms with Gasteiger partial charge in [0.1, 0.15) is 11.5 Å². The Balaban J connectivity index is 2.67. The van der Waals surface area contributed by atoms with Crippen LogP contribution in [0.25, 0.3) is 17.2 Å². The molecule has 176 valence electrons. The average molecular weight is 437 g/mol. The summed E-state index contributed by atoms with van der Waals surface area (Å²) in [6.07, 6.45) is 7.75. The van der Waals surface area contributed by atoms with Crippen LogP contribution in [0, 0.1) is 18.8 Å². The van der Waals surface area contributed by atoms with E-state index in [2.05, 4.69) is 91.8 Å². The molecule has 2 nitrogen and oxygen atoms in total. The van der Waals surface area contributed by atoms with Gasteiger partial charge in [0, 0.05) is 11.1 Å². The number of hydrogen-bond acceptors (Lipinski definition) is 2. The number of benzene rings is 2. The smallest absolute Gasteiger partial charge is 0.127 e. The number of hydrogen-bond donors (Lipinski definition) is 0. The first-order chi connectivity index (χ1) is 15.2. The van der Waals surface area contributed by atoms with E-state index >= 15 is 0 Å². The van der Waals surface area contributed by atoms with Crippen LogP contribution in [0.4, 0.5) is 0 Å². The van der Waals surface area contributed by atoms with E-state index in [4.69, 9.17) is 9.47 Å². The van der Waals surface area contributed by atoms with Crippen LogP contribution in [0.1, 0.15) is 89.5 Å². The molecule has 0 aliphatic heterocycles. The number of methoxy groups -OCH3 is 1. The van der Waals surface area contributed by atoms with Crippen LogP contribution in [0.5, 0.6) is 11.5 Å². The zero-order valence-electron chi connectivity index (χ0n) is 21.8. The van der Waals surface area contributed by atoms with Crippen LogP contribution in [0.2, 0.25) is 0 Å². The average Bonchev–Trinajstić information content (AvgIpc) is 2.80. The van der Waals surface area contributed by atoms with Crippen LogP contribution in [-0.2, 0) is 6.42 Å². The maximum Gasteiger partial charge on any atom is 0.127 e. The Hall–Kier alpha value is -2.22. The van der Waals surface area contributed by atoms with Crippen LogP contribution in [0.3, 0.4) is 0 Å². The molecule has 0 amide bonds. The fourth-order valence-corrected chi connectivity index (χ4v) is 3.92. The predicted octanol–water partition coefficient (Wildman–Crippen LogP) is 8.84. The molecule has 0 N–H and O–H groups in total. The molecule has 0 spiro atoms. The van der Waals surface area contributed by atoms with E-state index in [1.807, 2.05) is 0 Å². The molecule has 2 unspecified atom stereocenters. The van der Waals surface area contributed by atoms with E-state index in [0.29, 0.717) is 24.4 Å². The van der Waals surface area contributed by atoms with Gasteiger partial charge in [-0.2, -0.15) is 0 Å². The van der Waals surface area contributed by atoms with Crippen LogP contribution in [0.15, 0.2) is 30.3 Å². The third kappa shape index (κ3) is 6.40. The number of rotatable bonds is 11. The SMILES string of the molecule is CCc1cc(-c2cc(OCC(C)C)c(/C=C/C(C)CC)cc2OC)c(C)cc1C(C)CC. The minimum atomic E-state index is 0.468. The van der Waals surface area contributed by atoms with Crippen molar-refractivity contribution < 1.29 is 9.47 Å². The summed E-state index contributed by atoms with van der Waals surface area (Å²) in [4.78, 5) is 0. The van der Waals surface area contributed by atoms with E-state index in [-0.39, 0.29) is 0 Å². The molecule has 0 saturated heterocycles. The van der Waals surface area contributed by atoms with E-state index < -0.39 is 0 Å². The van der Waals surface area contributed by atoms with Crippen LogP contribution in [-0.4, -0.2) is 13.7 Å². The Kier molecular flexibility index (Phi) is 9.87. The van der Waals surface area contributed by atoms with E-state index in [1.54, 1.807) is 7.11 Å². The van der Waals surface area contributed by atoms with Gasteiger partial charge in [0.05, 0.1) is 13.7 Å². The third-order valence-corrected chi connectivity index (χ3v) is 6.45. The van der Waals surface area contributed by atoms with Crippen molar-refractivity contribution in [2.45, 2.75) is 80.6 Å². The van der Waals surface area contributed by atoms with Crippen molar-refractivity contribution in [1.82, 2.24) is 0 Å². The highest BCUT2D eigenvalue weighted by Crippen LogP contribution is 2.40. The summed E-state index contributed by atoms with van der Waals surface area (Å²) in [6, 6.07) is 9.07. The van der Waals surface area contributed by atoms with E-state index in [0.717, 1.165) is 41.9 Å². The van der Waals surface area contributed by atoms with Gasteiger partial charge < -0.3 is 9.47 Å². The summed E-state index contributed by atoms with van der Waals surface area (Å²) in [5.74, 6) is 3.39. The minimum absolute atomic E-state index is 0.468. The standard InChI is InChI=1S/C30H44O2/c1-10-21(6)13-14-25-17-30(31-9)28(18-29(25)32-19-20(4)5)27-16-24(12-3)26(15-23(27)8)22(7)11-2/h13-18,20-22H,10-12,19H2,1-9H3/b14-13+. The van der Waals surface area contributed by atoms with Gasteiger partial charge in [-0.25, -0.2) is 0 Å². The lowest BCUT2D eigenvalue weighted by Crippen LogP contribution is -2.06. The van der Waals surface area contributed by atoms with Crippen molar-refractivity contribution in [3.63, 3.8) is 0 Å². The van der Waals surface area contributed by atoms with Gasteiger partial charge in [0.2, 0.25) is 0 Å². The predicted molar refractivity (Wildman–Crippen MR) is 140 cm³/mol. The molecule has 0 aliphatic rings. The quantitative estimate of drug-likeness (QED) is 0.350. The highest BCUT2D eigenvalue weighted by atomic mass is 16.5. The molecule has 0 fully saturated rings. The van der Waals surface area contributed by atoms with Gasteiger partial charge in [-0.15, -0.1) is 0 Å². The van der Waals surface area contributed by atoms with Crippen molar-refractivity contribution in [1.29, 1.82) is 0 Å². The zero-order chi connectivity index (χ0) is 23.8. The second-order valence-corrected chi connectivity index (χ2v) is 9.57. The molecule has 0 aromatic heterocycles. The Labute approximate surface area is 197 Å². The second-order valence-electron chi connectivity index (χ2n) is 9.57. The molecule has 0 saturated carbocycles. The lowest BCUT2D eigenvalue weighted by molar-refractivity contribution is 0.270. The van der Waals surface area contributed by atoms with E-state index in [9.17, 15) is 0 Å². The highest BCUT2D eigenvalue weighted by molar-refractivity contribution is 5.79. The Morgan fingerprint density at radius 1 is 0.875 bits per heavy atom. The van der Waals surface area contributed by atoms with Gasteiger partial charge in [-0.1, -0.05) is 79.2 Å². The summed E-state index contributed by atoms with van der Waals surface area (Å²) in [6.45, 7) is 18.6. The third-order valence-electron chi connectivity index (χ3n) is 6.45. The number of aryl methyl sites for hydroxylation is 2. The van der Waals surface area contributed by atoms with Gasteiger partial charge >= 0.3 is 0 Å². The van der Waals surface area contributed by atoms with Gasteiger partial charge in [-0.3, -0.25) is 0 Å². The topological polar surface area (TPSA) is 18.5 Å². The second kappa shape index (κ2) is 12.1. The molecule has 2 aromatic rings. The molecule has 0 aliphatic carbocycles. The van der Waals surface area contributed by atoms with Crippen molar-refractivity contribution in [3.8, 4) is 22.6 Å². The van der Waals surface area contributed by atoms with Gasteiger partial charge in [0.25, 0.3) is 0 Å². The summed E-state index contributed by atoms with van der Waals surface area (Å²) < 4.78 is 12.2. The Morgan fingerprint density at radius 2 is 1.59 bits per heavy atom. The summed E-state index contributed by atoms with van der Waals surface area (Å²) in [5.41, 5.74) is 7.60. The zero-order valence-corrected chi connectivity index (χ0v) is 21.8. The number of ether oxygens (including phenoxy) is 2. The Morgan fingerprint density at radius 3 is 2.16 bits per heavy atom. The van der Waals surface area contributed by atoms with Crippen LogP contribution < -0.4 is 9.47 Å². The maximum atomic E-state index is 6.30. The molecular weight excluding hydrogens is 392 g/mol. The molecule has 2 rings (SSSR count). The summed E-state index contributed by atoms with van der Waals surface area (Å²) in [7, 11) is 1.76. The van der Waals surface area contributed by atoms with Gasteiger partial charge in [0.15, 0.2) is 0 Å². The fourth-order valence-electron chi connectivity index (χ4n) is 3.92. The van der Waals surface area contributed by atoms with Crippen molar-refractivity contribution in [3.05, 3.63) is 52.6 Å². The fraction of sp³-hybridized carbons (Fsp3) is 0.533. The van der Waals surface area contributed by atoms with Gasteiger partial charge in [-0.05, 0) is 71.9 Å². The van der Waals surface area contributed by atoms with Crippen LogP contribution >= 0.6 is 0 Å². The number of allylic oxidation sites excluding steroid dienone is 1. The molecule has 2 atom stereocenters.